The predicted octanol–water partition coefficient (Wildman–Crippen LogP) is 2.44. The maximum atomic E-state index is 11.1. The number of hydrogen-bond donors (Lipinski definition) is 0. The Morgan fingerprint density at radius 1 is 1.38 bits per heavy atom. The van der Waals surface area contributed by atoms with Crippen LogP contribution in [0.2, 0.25) is 0 Å². The molecule has 2 rings (SSSR count). The molecule has 0 aromatic heterocycles. The zero-order chi connectivity index (χ0) is 9.31. The highest BCUT2D eigenvalue weighted by Crippen LogP contribution is 2.46. The highest BCUT2D eigenvalue weighted by atomic mass is 16.1. The van der Waals surface area contributed by atoms with Crippen LogP contribution in [0.5, 0.6) is 0 Å². The van der Waals surface area contributed by atoms with E-state index in [1.807, 2.05) is 0 Å². The Bertz CT molecular complexity index is 250. The number of carbonyl (C=O) groups excluding carboxylic acids is 1. The van der Waals surface area contributed by atoms with Gasteiger partial charge in [0.2, 0.25) is 0 Å². The Hall–Kier alpha value is -0.840. The first-order valence-electron chi connectivity index (χ1n) is 5.17. The molecule has 2 nitrogen and oxygen atoms in total. The SMILES string of the molecule is N#CC1(CC2CC2)CCC(=O)CC1. The summed E-state index contributed by atoms with van der Waals surface area (Å²) in [6.07, 6.45) is 6.57. The Morgan fingerprint density at radius 3 is 2.46 bits per heavy atom. The van der Waals surface area contributed by atoms with Crippen molar-refractivity contribution in [3.8, 4) is 6.07 Å². The van der Waals surface area contributed by atoms with Crippen LogP contribution < -0.4 is 0 Å². The minimum Gasteiger partial charge on any atom is -0.300 e. The average Bonchev–Trinajstić information content (AvgIpc) is 2.94. The van der Waals surface area contributed by atoms with Crippen LogP contribution >= 0.6 is 0 Å². The molecule has 2 aliphatic rings. The molecule has 70 valence electrons. The maximum absolute atomic E-state index is 11.1. The second-order valence-corrected chi connectivity index (χ2v) is 4.58. The Morgan fingerprint density at radius 2 is 2.00 bits per heavy atom. The van der Waals surface area contributed by atoms with Gasteiger partial charge < -0.3 is 0 Å². The molecule has 0 aromatic carbocycles. The van der Waals surface area contributed by atoms with Crippen molar-refractivity contribution in [3.05, 3.63) is 0 Å². The van der Waals surface area contributed by atoms with Crippen molar-refractivity contribution >= 4 is 5.78 Å². The molecule has 2 heteroatoms. The second-order valence-electron chi connectivity index (χ2n) is 4.58. The number of hydrogen-bond acceptors (Lipinski definition) is 2. The number of nitriles is 1. The molecule has 0 unspecified atom stereocenters. The van der Waals surface area contributed by atoms with Gasteiger partial charge in [0.1, 0.15) is 5.78 Å². The van der Waals surface area contributed by atoms with E-state index in [1.54, 1.807) is 0 Å². The monoisotopic (exact) mass is 177 g/mol. The number of rotatable bonds is 2. The molecule has 2 saturated carbocycles. The number of nitrogens with zero attached hydrogens (tertiary/aromatic N) is 1. The smallest absolute Gasteiger partial charge is 0.133 e. The van der Waals surface area contributed by atoms with Gasteiger partial charge in [0, 0.05) is 12.8 Å². The van der Waals surface area contributed by atoms with Crippen molar-refractivity contribution in [2.75, 3.05) is 0 Å². The summed E-state index contributed by atoms with van der Waals surface area (Å²) < 4.78 is 0. The summed E-state index contributed by atoms with van der Waals surface area (Å²) in [5.41, 5.74) is -0.130. The minimum absolute atomic E-state index is 0.130. The summed E-state index contributed by atoms with van der Waals surface area (Å²) in [4.78, 5) is 11.1. The predicted molar refractivity (Wildman–Crippen MR) is 48.9 cm³/mol. The minimum atomic E-state index is -0.130. The molecule has 0 N–H and O–H groups in total. The number of carbonyl (C=O) groups is 1. The Kier molecular flexibility index (Phi) is 2.11. The van der Waals surface area contributed by atoms with Crippen LogP contribution in [0.15, 0.2) is 0 Å². The fourth-order valence-electron chi connectivity index (χ4n) is 2.24. The summed E-state index contributed by atoms with van der Waals surface area (Å²) in [6.45, 7) is 0. The maximum Gasteiger partial charge on any atom is 0.133 e. The van der Waals surface area contributed by atoms with E-state index >= 15 is 0 Å². The van der Waals surface area contributed by atoms with Gasteiger partial charge in [-0.25, -0.2) is 0 Å². The second kappa shape index (κ2) is 3.14. The van der Waals surface area contributed by atoms with Gasteiger partial charge in [0.05, 0.1) is 11.5 Å². The molecule has 0 bridgehead atoms. The average molecular weight is 177 g/mol. The fraction of sp³-hybridized carbons (Fsp3) is 0.818. The van der Waals surface area contributed by atoms with Crippen LogP contribution in [0.4, 0.5) is 0 Å². The molecular weight excluding hydrogens is 162 g/mol. The van der Waals surface area contributed by atoms with Crippen LogP contribution in [0, 0.1) is 22.7 Å². The topological polar surface area (TPSA) is 40.9 Å². The molecule has 0 heterocycles. The first kappa shape index (κ1) is 8.74. The molecule has 0 saturated heterocycles. The van der Waals surface area contributed by atoms with Gasteiger partial charge in [-0.3, -0.25) is 4.79 Å². The van der Waals surface area contributed by atoms with Crippen molar-refractivity contribution in [1.82, 2.24) is 0 Å². The lowest BCUT2D eigenvalue weighted by molar-refractivity contribution is -0.121. The highest BCUT2D eigenvalue weighted by Gasteiger charge is 2.39. The third kappa shape index (κ3) is 1.91. The lowest BCUT2D eigenvalue weighted by Gasteiger charge is -2.29. The number of ketones is 1. The van der Waals surface area contributed by atoms with E-state index in [9.17, 15) is 4.79 Å². The summed E-state index contributed by atoms with van der Waals surface area (Å²) in [7, 11) is 0. The third-order valence-corrected chi connectivity index (χ3v) is 3.38. The molecule has 0 radical (unpaired) electrons. The molecule has 0 amide bonds. The normalized spacial score (nSPS) is 26.8. The highest BCUT2D eigenvalue weighted by molar-refractivity contribution is 5.79. The van der Waals surface area contributed by atoms with Crippen LogP contribution in [0.25, 0.3) is 0 Å². The fourth-order valence-corrected chi connectivity index (χ4v) is 2.24. The van der Waals surface area contributed by atoms with Gasteiger partial charge in [-0.2, -0.15) is 5.26 Å². The third-order valence-electron chi connectivity index (χ3n) is 3.38. The van der Waals surface area contributed by atoms with Gasteiger partial charge in [-0.15, -0.1) is 0 Å². The largest absolute Gasteiger partial charge is 0.300 e. The van der Waals surface area contributed by atoms with E-state index in [4.69, 9.17) is 5.26 Å². The number of Topliss-reactive ketones (excluding diaryl/α,β-unsaturated/α-hetero) is 1. The van der Waals surface area contributed by atoms with E-state index in [-0.39, 0.29) is 5.41 Å². The van der Waals surface area contributed by atoms with Gasteiger partial charge in [-0.1, -0.05) is 12.8 Å². The van der Waals surface area contributed by atoms with Crippen molar-refractivity contribution in [3.63, 3.8) is 0 Å². The molecule has 0 aromatic rings. The summed E-state index contributed by atoms with van der Waals surface area (Å²) >= 11 is 0. The summed E-state index contributed by atoms with van der Waals surface area (Å²) in [6, 6.07) is 2.46. The van der Waals surface area contributed by atoms with E-state index in [2.05, 4.69) is 6.07 Å². The van der Waals surface area contributed by atoms with E-state index < -0.39 is 0 Å². The first-order chi connectivity index (χ1) is 6.24. The lowest BCUT2D eigenvalue weighted by Crippen LogP contribution is -2.26. The van der Waals surface area contributed by atoms with Crippen LogP contribution in [0.3, 0.4) is 0 Å². The molecule has 2 aliphatic carbocycles. The van der Waals surface area contributed by atoms with E-state index in [1.165, 1.54) is 12.8 Å². The quantitative estimate of drug-likeness (QED) is 0.650. The standard InChI is InChI=1S/C11H15NO/c12-8-11(7-9-1-2-9)5-3-10(13)4-6-11/h9H,1-7H2. The molecule has 0 spiro atoms. The van der Waals surface area contributed by atoms with Crippen molar-refractivity contribution < 1.29 is 4.79 Å². The van der Waals surface area contributed by atoms with Crippen LogP contribution in [-0.4, -0.2) is 5.78 Å². The zero-order valence-corrected chi connectivity index (χ0v) is 7.88. The Balaban J connectivity index is 1.98. The molecule has 0 aliphatic heterocycles. The van der Waals surface area contributed by atoms with Crippen molar-refractivity contribution in [1.29, 1.82) is 5.26 Å². The zero-order valence-electron chi connectivity index (χ0n) is 7.88. The van der Waals surface area contributed by atoms with E-state index in [0.29, 0.717) is 18.6 Å². The van der Waals surface area contributed by atoms with E-state index in [0.717, 1.165) is 25.2 Å². The van der Waals surface area contributed by atoms with Gasteiger partial charge in [-0.05, 0) is 25.2 Å². The summed E-state index contributed by atoms with van der Waals surface area (Å²) in [5.74, 6) is 1.15. The van der Waals surface area contributed by atoms with Gasteiger partial charge in [0.15, 0.2) is 0 Å². The van der Waals surface area contributed by atoms with Crippen molar-refractivity contribution in [2.45, 2.75) is 44.9 Å². The van der Waals surface area contributed by atoms with Gasteiger partial charge >= 0.3 is 0 Å². The van der Waals surface area contributed by atoms with Crippen LogP contribution in [-0.2, 0) is 4.79 Å². The Labute approximate surface area is 78.9 Å². The first-order valence-corrected chi connectivity index (χ1v) is 5.17. The van der Waals surface area contributed by atoms with Crippen molar-refractivity contribution in [2.24, 2.45) is 11.3 Å². The lowest BCUT2D eigenvalue weighted by atomic mass is 9.71. The molecule has 2 fully saturated rings. The van der Waals surface area contributed by atoms with Crippen LogP contribution in [0.1, 0.15) is 44.9 Å². The van der Waals surface area contributed by atoms with Gasteiger partial charge in [0.25, 0.3) is 0 Å². The summed E-state index contributed by atoms with van der Waals surface area (Å²) in [5, 5.41) is 9.14. The molecule has 0 atom stereocenters. The molecule has 13 heavy (non-hydrogen) atoms. The molecular formula is C11H15NO.